The number of hydrogen-bond acceptors (Lipinski definition) is 2. The fraction of sp³-hybridized carbons (Fsp3) is 0.250. The summed E-state index contributed by atoms with van der Waals surface area (Å²) < 4.78 is 5.88. The normalized spacial score (nSPS) is 13.1. The van der Waals surface area contributed by atoms with Gasteiger partial charge in [-0.05, 0) is 35.2 Å². The first-order chi connectivity index (χ1) is 12.2. The highest BCUT2D eigenvalue weighted by atomic mass is 35.5. The van der Waals surface area contributed by atoms with E-state index in [-0.39, 0.29) is 5.41 Å². The Labute approximate surface area is 159 Å². The fourth-order valence-corrected chi connectivity index (χ4v) is 5.04. The molecule has 136 valence electrons. The molecular weight excluding hydrogens is 367 g/mol. The number of hydrogen-bond donors (Lipinski definition) is 2. The van der Waals surface area contributed by atoms with Crippen LogP contribution in [0.15, 0.2) is 42.5 Å². The summed E-state index contributed by atoms with van der Waals surface area (Å²) in [5.74, 6) is -0.510. The van der Waals surface area contributed by atoms with E-state index in [1.54, 1.807) is 13.2 Å². The second-order valence-corrected chi connectivity index (χ2v) is 9.53. The standard InChI is InChI=1S/C20H22ClN2O2P/c1-20(2,3)12-6-5-7-14(10-12)26(25-4)18-15-11-13(21)8-9-16(15)23-17(18)19(22)24/h5-11,23H,1-4H3,(H2,22,24). The van der Waals surface area contributed by atoms with Crippen molar-refractivity contribution in [3.8, 4) is 0 Å². The molecule has 0 aliphatic carbocycles. The first kappa shape index (κ1) is 18.9. The van der Waals surface area contributed by atoms with Crippen molar-refractivity contribution >= 4 is 47.2 Å². The maximum atomic E-state index is 12.1. The van der Waals surface area contributed by atoms with Crippen LogP contribution in [0.4, 0.5) is 0 Å². The summed E-state index contributed by atoms with van der Waals surface area (Å²) in [6.07, 6.45) is 0. The van der Waals surface area contributed by atoms with Crippen LogP contribution in [0, 0.1) is 0 Å². The lowest BCUT2D eigenvalue weighted by atomic mass is 9.87. The number of fused-ring (bicyclic) bond motifs is 1. The number of aromatic nitrogens is 1. The van der Waals surface area contributed by atoms with Crippen LogP contribution in [0.2, 0.25) is 5.02 Å². The Morgan fingerprint density at radius 3 is 2.54 bits per heavy atom. The van der Waals surface area contributed by atoms with Crippen molar-refractivity contribution in [1.82, 2.24) is 4.98 Å². The number of benzene rings is 2. The smallest absolute Gasteiger partial charge is 0.265 e. The molecule has 0 fully saturated rings. The molecule has 0 bridgehead atoms. The number of nitrogens with two attached hydrogens (primary N) is 1. The van der Waals surface area contributed by atoms with E-state index in [9.17, 15) is 4.79 Å². The molecular formula is C20H22ClN2O2P. The van der Waals surface area contributed by atoms with Gasteiger partial charge in [-0.2, -0.15) is 0 Å². The zero-order valence-corrected chi connectivity index (χ0v) is 16.9. The third kappa shape index (κ3) is 3.50. The van der Waals surface area contributed by atoms with Gasteiger partial charge in [0.05, 0.1) is 8.15 Å². The predicted molar refractivity (Wildman–Crippen MR) is 110 cm³/mol. The SMILES string of the molecule is COP(c1cccc(C(C)(C)C)c1)c1c(C(N)=O)[nH]c2ccc(Cl)cc12. The third-order valence-corrected chi connectivity index (χ3v) is 6.53. The Hall–Kier alpha value is -1.87. The summed E-state index contributed by atoms with van der Waals surface area (Å²) >= 11 is 6.19. The average molecular weight is 389 g/mol. The van der Waals surface area contributed by atoms with Gasteiger partial charge in [-0.15, -0.1) is 0 Å². The van der Waals surface area contributed by atoms with Crippen molar-refractivity contribution in [2.45, 2.75) is 26.2 Å². The number of nitrogens with one attached hydrogen (secondary N) is 1. The minimum absolute atomic E-state index is 0.0147. The Bertz CT molecular complexity index is 976. The number of aromatic amines is 1. The van der Waals surface area contributed by atoms with E-state index in [2.05, 4.69) is 37.9 Å². The molecule has 0 aliphatic rings. The van der Waals surface area contributed by atoms with Gasteiger partial charge >= 0.3 is 0 Å². The second kappa shape index (κ2) is 7.03. The van der Waals surface area contributed by atoms with Gasteiger partial charge in [0.1, 0.15) is 5.69 Å². The highest BCUT2D eigenvalue weighted by molar-refractivity contribution is 7.69. The van der Waals surface area contributed by atoms with Crippen LogP contribution in [0.25, 0.3) is 10.9 Å². The molecule has 1 unspecified atom stereocenters. The van der Waals surface area contributed by atoms with Gasteiger partial charge in [0, 0.05) is 33.6 Å². The Balaban J connectivity index is 2.24. The molecule has 0 saturated carbocycles. The summed E-state index contributed by atoms with van der Waals surface area (Å²) in [4.78, 5) is 15.2. The van der Waals surface area contributed by atoms with Crippen LogP contribution in [-0.4, -0.2) is 18.0 Å². The number of carbonyl (C=O) groups excluding carboxylic acids is 1. The maximum Gasteiger partial charge on any atom is 0.265 e. The lowest BCUT2D eigenvalue weighted by Gasteiger charge is -2.22. The zero-order chi connectivity index (χ0) is 19.1. The van der Waals surface area contributed by atoms with Gasteiger partial charge < -0.3 is 15.2 Å². The highest BCUT2D eigenvalue weighted by Crippen LogP contribution is 2.39. The van der Waals surface area contributed by atoms with E-state index in [0.717, 1.165) is 21.5 Å². The Morgan fingerprint density at radius 2 is 1.92 bits per heavy atom. The van der Waals surface area contributed by atoms with Crippen molar-refractivity contribution in [3.63, 3.8) is 0 Å². The van der Waals surface area contributed by atoms with Gasteiger partial charge in [0.15, 0.2) is 0 Å². The molecule has 1 heterocycles. The highest BCUT2D eigenvalue weighted by Gasteiger charge is 2.26. The van der Waals surface area contributed by atoms with Gasteiger partial charge in [0.2, 0.25) is 0 Å². The summed E-state index contributed by atoms with van der Waals surface area (Å²) in [6.45, 7) is 6.50. The minimum Gasteiger partial charge on any atom is -0.364 e. The molecule has 0 spiro atoms. The number of amides is 1. The minimum atomic E-state index is -1.23. The van der Waals surface area contributed by atoms with Crippen LogP contribution >= 0.6 is 19.7 Å². The lowest BCUT2D eigenvalue weighted by molar-refractivity contribution is 0.0997. The second-order valence-electron chi connectivity index (χ2n) is 7.18. The van der Waals surface area contributed by atoms with E-state index in [1.165, 1.54) is 5.56 Å². The van der Waals surface area contributed by atoms with Gasteiger partial charge in [-0.3, -0.25) is 4.79 Å². The molecule has 1 atom stereocenters. The van der Waals surface area contributed by atoms with Crippen LogP contribution in [0.1, 0.15) is 36.8 Å². The van der Waals surface area contributed by atoms with Crippen molar-refractivity contribution in [2.24, 2.45) is 5.73 Å². The number of primary amides is 1. The molecule has 0 radical (unpaired) electrons. The molecule has 4 nitrogen and oxygen atoms in total. The van der Waals surface area contributed by atoms with E-state index in [0.29, 0.717) is 10.7 Å². The zero-order valence-electron chi connectivity index (χ0n) is 15.3. The summed E-state index contributed by atoms with van der Waals surface area (Å²) in [5.41, 5.74) is 8.05. The monoisotopic (exact) mass is 388 g/mol. The molecule has 3 aromatic rings. The third-order valence-electron chi connectivity index (χ3n) is 4.31. The number of H-pyrrole nitrogens is 1. The largest absolute Gasteiger partial charge is 0.364 e. The lowest BCUT2D eigenvalue weighted by Crippen LogP contribution is -2.24. The topological polar surface area (TPSA) is 68.1 Å². The van der Waals surface area contributed by atoms with Crippen LogP contribution in [0.5, 0.6) is 0 Å². The number of rotatable bonds is 4. The van der Waals surface area contributed by atoms with E-state index in [1.807, 2.05) is 24.3 Å². The van der Waals surface area contributed by atoms with Crippen molar-refractivity contribution in [2.75, 3.05) is 7.11 Å². The van der Waals surface area contributed by atoms with Crippen molar-refractivity contribution in [1.29, 1.82) is 0 Å². The Kier molecular flexibility index (Phi) is 5.12. The molecule has 26 heavy (non-hydrogen) atoms. The first-order valence-corrected chi connectivity index (χ1v) is 9.92. The van der Waals surface area contributed by atoms with Crippen LogP contribution in [0.3, 0.4) is 0 Å². The molecule has 2 aromatic carbocycles. The molecule has 3 rings (SSSR count). The van der Waals surface area contributed by atoms with Gasteiger partial charge in [0.25, 0.3) is 5.91 Å². The molecule has 1 amide bonds. The Morgan fingerprint density at radius 1 is 1.19 bits per heavy atom. The molecule has 1 aromatic heterocycles. The van der Waals surface area contributed by atoms with Crippen molar-refractivity contribution < 1.29 is 9.32 Å². The summed E-state index contributed by atoms with van der Waals surface area (Å²) in [7, 11) is 0.425. The van der Waals surface area contributed by atoms with Crippen LogP contribution < -0.4 is 16.3 Å². The molecule has 6 heteroatoms. The summed E-state index contributed by atoms with van der Waals surface area (Å²) in [6, 6.07) is 13.8. The van der Waals surface area contributed by atoms with E-state index >= 15 is 0 Å². The molecule has 0 saturated heterocycles. The number of carbonyl (C=O) groups is 1. The quantitative estimate of drug-likeness (QED) is 0.657. The van der Waals surface area contributed by atoms with Crippen LogP contribution in [-0.2, 0) is 9.94 Å². The van der Waals surface area contributed by atoms with E-state index < -0.39 is 14.1 Å². The maximum absolute atomic E-state index is 12.1. The summed E-state index contributed by atoms with van der Waals surface area (Å²) in [5, 5.41) is 3.26. The molecule has 0 aliphatic heterocycles. The van der Waals surface area contributed by atoms with E-state index in [4.69, 9.17) is 21.9 Å². The number of halogens is 1. The van der Waals surface area contributed by atoms with Gasteiger partial charge in [-0.1, -0.05) is 50.6 Å². The predicted octanol–water partition coefficient (Wildman–Crippen LogP) is 4.21. The average Bonchev–Trinajstić information content (AvgIpc) is 2.94. The fourth-order valence-electron chi connectivity index (χ4n) is 2.96. The van der Waals surface area contributed by atoms with Crippen molar-refractivity contribution in [3.05, 3.63) is 58.7 Å². The first-order valence-electron chi connectivity index (χ1n) is 8.28. The molecule has 3 N–H and O–H groups in total. The van der Waals surface area contributed by atoms with Gasteiger partial charge in [-0.25, -0.2) is 0 Å².